The molecule has 0 aromatic heterocycles. The molecule has 162 valence electrons. The van der Waals surface area contributed by atoms with Gasteiger partial charge in [0.25, 0.3) is 5.91 Å². The van der Waals surface area contributed by atoms with Gasteiger partial charge in [-0.1, -0.05) is 50.3 Å². The van der Waals surface area contributed by atoms with Gasteiger partial charge in [0.15, 0.2) is 6.10 Å². The lowest BCUT2D eigenvalue weighted by Gasteiger charge is -2.26. The number of rotatable bonds is 9. The molecular weight excluding hydrogens is 382 g/mol. The van der Waals surface area contributed by atoms with E-state index in [0.717, 1.165) is 12.0 Å². The largest absolute Gasteiger partial charge is 0.354 e. The molecule has 2 N–H and O–H groups in total. The summed E-state index contributed by atoms with van der Waals surface area (Å²) >= 11 is 0. The Morgan fingerprint density at radius 3 is 2.67 bits per heavy atom. The highest BCUT2D eigenvalue weighted by Gasteiger charge is 2.50. The first kappa shape index (κ1) is 22.0. The molecule has 2 aliphatic heterocycles. The molecule has 0 bridgehead atoms. The normalized spacial score (nSPS) is 23.7. The number of nitrogens with one attached hydrogen (secondary N) is 2. The second-order valence-corrected chi connectivity index (χ2v) is 8.30. The first-order valence-corrected chi connectivity index (χ1v) is 10.6. The van der Waals surface area contributed by atoms with Crippen molar-refractivity contribution >= 4 is 17.7 Å². The van der Waals surface area contributed by atoms with Crippen molar-refractivity contribution in [2.24, 2.45) is 5.92 Å². The van der Waals surface area contributed by atoms with Crippen molar-refractivity contribution in [2.75, 3.05) is 13.1 Å². The molecule has 0 unspecified atom stereocenters. The van der Waals surface area contributed by atoms with E-state index >= 15 is 0 Å². The average Bonchev–Trinajstić information content (AvgIpc) is 3.38. The van der Waals surface area contributed by atoms with Crippen molar-refractivity contribution in [1.82, 2.24) is 15.5 Å². The zero-order valence-electron chi connectivity index (χ0n) is 17.7. The van der Waals surface area contributed by atoms with Crippen LogP contribution in [-0.2, 0) is 19.1 Å². The van der Waals surface area contributed by atoms with Gasteiger partial charge in [0.2, 0.25) is 11.8 Å². The predicted octanol–water partition coefficient (Wildman–Crippen LogP) is 1.95. The quantitative estimate of drug-likeness (QED) is 0.478. The molecule has 1 aromatic carbocycles. The third-order valence-electron chi connectivity index (χ3n) is 5.46. The number of likely N-dealkylation sites (tertiary alicyclic amines) is 1. The van der Waals surface area contributed by atoms with E-state index in [1.165, 1.54) is 0 Å². The van der Waals surface area contributed by atoms with Crippen LogP contribution >= 0.6 is 0 Å². The topological polar surface area (TPSA) is 91.0 Å². The molecule has 7 nitrogen and oxygen atoms in total. The average molecular weight is 414 g/mol. The van der Waals surface area contributed by atoms with E-state index in [9.17, 15) is 14.4 Å². The van der Waals surface area contributed by atoms with Crippen LogP contribution in [0.1, 0.15) is 44.8 Å². The molecule has 3 amide bonds. The molecule has 0 spiro atoms. The Balaban J connectivity index is 1.62. The molecule has 2 saturated heterocycles. The smallest absolute Gasteiger partial charge is 0.255 e. The second-order valence-electron chi connectivity index (χ2n) is 8.30. The summed E-state index contributed by atoms with van der Waals surface area (Å²) in [5.74, 6) is -0.435. The van der Waals surface area contributed by atoms with Crippen molar-refractivity contribution in [2.45, 2.75) is 57.4 Å². The number of carbonyl (C=O) groups excluding carboxylic acids is 3. The van der Waals surface area contributed by atoms with Gasteiger partial charge in [-0.25, -0.2) is 0 Å². The zero-order valence-corrected chi connectivity index (χ0v) is 17.7. The lowest BCUT2D eigenvalue weighted by Crippen LogP contribution is -2.54. The molecule has 30 heavy (non-hydrogen) atoms. The lowest BCUT2D eigenvalue weighted by atomic mass is 10.0. The molecular formula is C23H31N3O4. The maximum atomic E-state index is 13.0. The second kappa shape index (κ2) is 9.89. The molecule has 2 fully saturated rings. The SMILES string of the molecule is C=CCNC(=O)[C@H](CC(C)C)NC(=O)[C@@H]1CCCN1C(=O)[C@@H]1O[C@H]1c1ccccc1. The summed E-state index contributed by atoms with van der Waals surface area (Å²) in [4.78, 5) is 40.0. The minimum atomic E-state index is -0.635. The van der Waals surface area contributed by atoms with Gasteiger partial charge < -0.3 is 20.3 Å². The van der Waals surface area contributed by atoms with Gasteiger partial charge in [-0.3, -0.25) is 14.4 Å². The molecule has 3 rings (SSSR count). The summed E-state index contributed by atoms with van der Waals surface area (Å²) in [7, 11) is 0. The van der Waals surface area contributed by atoms with E-state index in [1.54, 1.807) is 11.0 Å². The molecule has 1 aromatic rings. The molecule has 0 radical (unpaired) electrons. The fourth-order valence-electron chi connectivity index (χ4n) is 3.93. The lowest BCUT2D eigenvalue weighted by molar-refractivity contribution is -0.140. The third-order valence-corrected chi connectivity index (χ3v) is 5.46. The molecule has 0 saturated carbocycles. The van der Waals surface area contributed by atoms with Gasteiger partial charge in [-0.15, -0.1) is 6.58 Å². The Morgan fingerprint density at radius 1 is 1.27 bits per heavy atom. The third kappa shape index (κ3) is 5.27. The standard InChI is InChI=1S/C23H31N3O4/c1-4-12-24-21(27)17(14-15(2)3)25-22(28)18-11-8-13-26(18)23(29)20-19(30-20)16-9-6-5-7-10-16/h4-7,9-10,15,17-20H,1,8,11-14H2,2-3H3,(H,24,27)(H,25,28)/t17-,18-,19-,20+/m0/s1. The number of ether oxygens (including phenoxy) is 1. The number of hydrogen-bond acceptors (Lipinski definition) is 4. The van der Waals surface area contributed by atoms with Crippen molar-refractivity contribution in [3.8, 4) is 0 Å². The number of nitrogens with zero attached hydrogens (tertiary/aromatic N) is 1. The van der Waals surface area contributed by atoms with Crippen LogP contribution in [0.5, 0.6) is 0 Å². The van der Waals surface area contributed by atoms with Gasteiger partial charge >= 0.3 is 0 Å². The number of benzene rings is 1. The minimum absolute atomic E-state index is 0.155. The van der Waals surface area contributed by atoms with Gasteiger partial charge in [0.05, 0.1) is 0 Å². The van der Waals surface area contributed by atoms with Crippen LogP contribution in [0.15, 0.2) is 43.0 Å². The van der Waals surface area contributed by atoms with Crippen LogP contribution in [0.3, 0.4) is 0 Å². The highest BCUT2D eigenvalue weighted by molar-refractivity contribution is 5.94. The van der Waals surface area contributed by atoms with E-state index in [-0.39, 0.29) is 29.7 Å². The van der Waals surface area contributed by atoms with Gasteiger partial charge in [0, 0.05) is 13.1 Å². The van der Waals surface area contributed by atoms with Crippen LogP contribution in [0.25, 0.3) is 0 Å². The van der Waals surface area contributed by atoms with Crippen LogP contribution in [-0.4, -0.2) is 53.9 Å². The summed E-state index contributed by atoms with van der Waals surface area (Å²) in [5, 5.41) is 5.61. The summed E-state index contributed by atoms with van der Waals surface area (Å²) in [6.45, 7) is 8.47. The number of amides is 3. The fourth-order valence-corrected chi connectivity index (χ4v) is 3.93. The molecule has 2 heterocycles. The Hall–Kier alpha value is -2.67. The van der Waals surface area contributed by atoms with E-state index in [4.69, 9.17) is 4.74 Å². The Labute approximate surface area is 177 Å². The summed E-state index contributed by atoms with van der Waals surface area (Å²) in [6.07, 6.45) is 2.68. The highest BCUT2D eigenvalue weighted by atomic mass is 16.6. The highest BCUT2D eigenvalue weighted by Crippen LogP contribution is 2.40. The first-order valence-electron chi connectivity index (χ1n) is 10.6. The Morgan fingerprint density at radius 2 is 2.00 bits per heavy atom. The van der Waals surface area contributed by atoms with Gasteiger partial charge in [-0.05, 0) is 30.7 Å². The van der Waals surface area contributed by atoms with Crippen molar-refractivity contribution in [3.05, 3.63) is 48.6 Å². The van der Waals surface area contributed by atoms with Crippen molar-refractivity contribution < 1.29 is 19.1 Å². The summed E-state index contributed by atoms with van der Waals surface area (Å²) in [5.41, 5.74) is 0.965. The summed E-state index contributed by atoms with van der Waals surface area (Å²) in [6, 6.07) is 8.41. The van der Waals surface area contributed by atoms with Gasteiger partial charge in [0.1, 0.15) is 18.2 Å². The maximum Gasteiger partial charge on any atom is 0.255 e. The van der Waals surface area contributed by atoms with Crippen LogP contribution in [0, 0.1) is 5.92 Å². The molecule has 0 aliphatic carbocycles. The number of epoxide rings is 1. The fraction of sp³-hybridized carbons (Fsp3) is 0.522. The molecule has 4 atom stereocenters. The Kier molecular flexibility index (Phi) is 7.26. The Bertz CT molecular complexity index is 780. The zero-order chi connectivity index (χ0) is 21.7. The predicted molar refractivity (Wildman–Crippen MR) is 113 cm³/mol. The van der Waals surface area contributed by atoms with E-state index in [2.05, 4.69) is 17.2 Å². The van der Waals surface area contributed by atoms with Crippen molar-refractivity contribution in [1.29, 1.82) is 0 Å². The van der Waals surface area contributed by atoms with Gasteiger partial charge in [-0.2, -0.15) is 0 Å². The summed E-state index contributed by atoms with van der Waals surface area (Å²) < 4.78 is 5.63. The number of carbonyl (C=O) groups is 3. The van der Waals surface area contributed by atoms with E-state index in [1.807, 2.05) is 44.2 Å². The maximum absolute atomic E-state index is 13.0. The van der Waals surface area contributed by atoms with E-state index < -0.39 is 18.2 Å². The van der Waals surface area contributed by atoms with Crippen LogP contribution < -0.4 is 10.6 Å². The first-order chi connectivity index (χ1) is 14.4. The van der Waals surface area contributed by atoms with Crippen molar-refractivity contribution in [3.63, 3.8) is 0 Å². The number of hydrogen-bond donors (Lipinski definition) is 2. The molecule has 7 heteroatoms. The van der Waals surface area contributed by atoms with E-state index in [0.29, 0.717) is 25.9 Å². The van der Waals surface area contributed by atoms with Crippen LogP contribution in [0.2, 0.25) is 0 Å². The monoisotopic (exact) mass is 413 g/mol. The molecule has 2 aliphatic rings. The van der Waals surface area contributed by atoms with Crippen LogP contribution in [0.4, 0.5) is 0 Å². The minimum Gasteiger partial charge on any atom is -0.354 e.